The quantitative estimate of drug-likeness (QED) is 0.892. The minimum Gasteiger partial charge on any atom is -0.302 e. The molecule has 1 N–H and O–H groups in total. The molecule has 0 aromatic heterocycles. The molecule has 1 saturated heterocycles. The Morgan fingerprint density at radius 3 is 1.83 bits per heavy atom. The zero-order chi connectivity index (χ0) is 17.4. The SMILES string of the molecule is CC(C)c1cc(C(C)C)c(S(=O)(=O)N2CCNC2)c(C(C)C)c1. The maximum Gasteiger partial charge on any atom is 0.244 e. The summed E-state index contributed by atoms with van der Waals surface area (Å²) in [4.78, 5) is 0.538. The molecule has 4 nitrogen and oxygen atoms in total. The topological polar surface area (TPSA) is 49.4 Å². The first-order valence-electron chi connectivity index (χ1n) is 8.54. The number of hydrogen-bond donors (Lipinski definition) is 1. The Kier molecular flexibility index (Phi) is 5.54. The van der Waals surface area contributed by atoms with E-state index in [1.807, 2.05) is 0 Å². The van der Waals surface area contributed by atoms with Gasteiger partial charge in [-0.3, -0.25) is 0 Å². The van der Waals surface area contributed by atoms with Crippen LogP contribution in [0.3, 0.4) is 0 Å². The first-order chi connectivity index (χ1) is 10.7. The average Bonchev–Trinajstić information content (AvgIpc) is 3.00. The molecular formula is C18H30N2O2S. The van der Waals surface area contributed by atoms with Gasteiger partial charge in [-0.15, -0.1) is 0 Å². The molecule has 1 aromatic rings. The molecule has 0 saturated carbocycles. The van der Waals surface area contributed by atoms with Gasteiger partial charge in [-0.2, -0.15) is 4.31 Å². The number of hydrogen-bond acceptors (Lipinski definition) is 3. The molecule has 23 heavy (non-hydrogen) atoms. The summed E-state index contributed by atoms with van der Waals surface area (Å²) in [5.74, 6) is 0.730. The summed E-state index contributed by atoms with van der Waals surface area (Å²) in [6, 6.07) is 4.19. The second kappa shape index (κ2) is 6.91. The van der Waals surface area contributed by atoms with E-state index >= 15 is 0 Å². The van der Waals surface area contributed by atoms with Gasteiger partial charge in [0.15, 0.2) is 0 Å². The van der Waals surface area contributed by atoms with Crippen LogP contribution < -0.4 is 5.32 Å². The molecule has 0 spiro atoms. The molecule has 2 rings (SSSR count). The minimum atomic E-state index is -3.46. The summed E-state index contributed by atoms with van der Waals surface area (Å²) >= 11 is 0. The van der Waals surface area contributed by atoms with Gasteiger partial charge in [-0.1, -0.05) is 53.7 Å². The van der Waals surface area contributed by atoms with E-state index in [1.54, 1.807) is 4.31 Å². The lowest BCUT2D eigenvalue weighted by molar-refractivity contribution is 0.470. The predicted octanol–water partition coefficient (Wildman–Crippen LogP) is 3.61. The molecule has 0 amide bonds. The Hall–Kier alpha value is -0.910. The highest BCUT2D eigenvalue weighted by molar-refractivity contribution is 7.89. The average molecular weight is 339 g/mol. The van der Waals surface area contributed by atoms with E-state index in [1.165, 1.54) is 5.56 Å². The Bertz CT molecular complexity index is 629. The van der Waals surface area contributed by atoms with Crippen molar-refractivity contribution in [3.05, 3.63) is 28.8 Å². The van der Waals surface area contributed by atoms with Gasteiger partial charge in [0, 0.05) is 13.1 Å². The molecule has 1 aliphatic rings. The number of nitrogens with zero attached hydrogens (tertiary/aromatic N) is 1. The zero-order valence-corrected chi connectivity index (χ0v) is 16.0. The van der Waals surface area contributed by atoms with Gasteiger partial charge in [0.25, 0.3) is 0 Å². The highest BCUT2D eigenvalue weighted by atomic mass is 32.2. The molecule has 1 aliphatic heterocycles. The molecule has 5 heteroatoms. The lowest BCUT2D eigenvalue weighted by Gasteiger charge is -2.25. The molecule has 0 aliphatic carbocycles. The van der Waals surface area contributed by atoms with Gasteiger partial charge in [0.2, 0.25) is 10.0 Å². The standard InChI is InChI=1S/C18H30N2O2S/c1-12(2)15-9-16(13(3)4)18(17(10-15)14(5)6)23(21,22)20-8-7-19-11-20/h9-10,12-14,19H,7-8,11H2,1-6H3. The summed E-state index contributed by atoms with van der Waals surface area (Å²) in [5, 5.41) is 3.12. The Labute approximate surface area is 141 Å². The van der Waals surface area contributed by atoms with Crippen molar-refractivity contribution < 1.29 is 8.42 Å². The fourth-order valence-electron chi connectivity index (χ4n) is 3.01. The molecule has 0 unspecified atom stereocenters. The summed E-state index contributed by atoms with van der Waals surface area (Å²) < 4.78 is 28.1. The summed E-state index contributed by atoms with van der Waals surface area (Å²) in [6.45, 7) is 14.3. The number of rotatable bonds is 5. The highest BCUT2D eigenvalue weighted by Crippen LogP contribution is 2.36. The van der Waals surface area contributed by atoms with Crippen LogP contribution in [0.2, 0.25) is 0 Å². The van der Waals surface area contributed by atoms with E-state index in [2.05, 4.69) is 59.0 Å². The fraction of sp³-hybridized carbons (Fsp3) is 0.667. The third-order valence-electron chi connectivity index (χ3n) is 4.50. The van der Waals surface area contributed by atoms with E-state index in [4.69, 9.17) is 0 Å². The van der Waals surface area contributed by atoms with Gasteiger partial charge in [0.05, 0.1) is 11.6 Å². The maximum atomic E-state index is 13.3. The van der Waals surface area contributed by atoms with E-state index in [0.29, 0.717) is 24.0 Å². The van der Waals surface area contributed by atoms with E-state index in [-0.39, 0.29) is 11.8 Å². The van der Waals surface area contributed by atoms with E-state index < -0.39 is 10.0 Å². The molecule has 1 aromatic carbocycles. The van der Waals surface area contributed by atoms with Crippen LogP contribution in [-0.2, 0) is 10.0 Å². The van der Waals surface area contributed by atoms with Crippen LogP contribution in [0, 0.1) is 0 Å². The van der Waals surface area contributed by atoms with Crippen LogP contribution in [0.1, 0.15) is 76.0 Å². The van der Waals surface area contributed by atoms with Gasteiger partial charge in [-0.05, 0) is 34.4 Å². The monoisotopic (exact) mass is 338 g/mol. The minimum absolute atomic E-state index is 0.173. The van der Waals surface area contributed by atoms with Gasteiger partial charge < -0.3 is 5.32 Å². The lowest BCUT2D eigenvalue weighted by atomic mass is 9.89. The fourth-order valence-corrected chi connectivity index (χ4v) is 5.04. The normalized spacial score (nSPS) is 16.9. The molecule has 130 valence electrons. The van der Waals surface area contributed by atoms with Crippen molar-refractivity contribution in [1.29, 1.82) is 0 Å². The van der Waals surface area contributed by atoms with Crippen LogP contribution in [0.5, 0.6) is 0 Å². The van der Waals surface area contributed by atoms with Crippen molar-refractivity contribution in [3.8, 4) is 0 Å². The zero-order valence-electron chi connectivity index (χ0n) is 15.2. The van der Waals surface area contributed by atoms with Crippen molar-refractivity contribution in [2.24, 2.45) is 0 Å². The molecule has 1 heterocycles. The number of nitrogens with one attached hydrogen (secondary N) is 1. The summed E-state index contributed by atoms with van der Waals surface area (Å²) in [6.07, 6.45) is 0. The molecule has 0 bridgehead atoms. The van der Waals surface area contributed by atoms with E-state index in [9.17, 15) is 8.42 Å². The van der Waals surface area contributed by atoms with Crippen LogP contribution >= 0.6 is 0 Å². The van der Waals surface area contributed by atoms with Gasteiger partial charge in [0.1, 0.15) is 0 Å². The first-order valence-corrected chi connectivity index (χ1v) is 9.98. The second-order valence-electron chi connectivity index (χ2n) is 7.33. The largest absolute Gasteiger partial charge is 0.302 e. The second-order valence-corrected chi connectivity index (χ2v) is 9.21. The van der Waals surface area contributed by atoms with Gasteiger partial charge >= 0.3 is 0 Å². The van der Waals surface area contributed by atoms with Crippen LogP contribution in [0.15, 0.2) is 17.0 Å². The predicted molar refractivity (Wildman–Crippen MR) is 95.5 cm³/mol. The molecule has 1 fully saturated rings. The molecule has 0 atom stereocenters. The number of benzene rings is 1. The highest BCUT2D eigenvalue weighted by Gasteiger charge is 2.33. The maximum absolute atomic E-state index is 13.3. The smallest absolute Gasteiger partial charge is 0.244 e. The van der Waals surface area contributed by atoms with Gasteiger partial charge in [-0.25, -0.2) is 8.42 Å². The summed E-state index contributed by atoms with van der Waals surface area (Å²) in [7, 11) is -3.46. The molecule has 0 radical (unpaired) electrons. The third kappa shape index (κ3) is 3.62. The Morgan fingerprint density at radius 2 is 1.48 bits per heavy atom. The Balaban J connectivity index is 2.73. The van der Waals surface area contributed by atoms with Crippen LogP contribution in [-0.4, -0.2) is 32.5 Å². The summed E-state index contributed by atoms with van der Waals surface area (Å²) in [5.41, 5.74) is 3.12. The van der Waals surface area contributed by atoms with Crippen LogP contribution in [0.4, 0.5) is 0 Å². The van der Waals surface area contributed by atoms with Crippen molar-refractivity contribution in [3.63, 3.8) is 0 Å². The van der Waals surface area contributed by atoms with Crippen LogP contribution in [0.25, 0.3) is 0 Å². The van der Waals surface area contributed by atoms with Crippen molar-refractivity contribution in [2.45, 2.75) is 64.2 Å². The van der Waals surface area contributed by atoms with Crippen molar-refractivity contribution in [2.75, 3.05) is 19.8 Å². The van der Waals surface area contributed by atoms with Crippen molar-refractivity contribution >= 4 is 10.0 Å². The molecular weight excluding hydrogens is 308 g/mol. The Morgan fingerprint density at radius 1 is 0.957 bits per heavy atom. The first kappa shape index (κ1) is 18.4. The lowest BCUT2D eigenvalue weighted by Crippen LogP contribution is -2.31. The van der Waals surface area contributed by atoms with Crippen molar-refractivity contribution in [1.82, 2.24) is 9.62 Å². The number of sulfonamides is 1. The third-order valence-corrected chi connectivity index (χ3v) is 6.48. The van der Waals surface area contributed by atoms with E-state index in [0.717, 1.165) is 17.7 Å².